The molecule has 32 heavy (non-hydrogen) atoms. The Morgan fingerprint density at radius 2 is 1.91 bits per heavy atom. The van der Waals surface area contributed by atoms with Crippen LogP contribution in [-0.2, 0) is 5.54 Å². The topological polar surface area (TPSA) is 149 Å². The van der Waals surface area contributed by atoms with E-state index in [2.05, 4.69) is 30.9 Å². The Morgan fingerprint density at radius 1 is 1.16 bits per heavy atom. The molecule has 0 unspecified atom stereocenters. The predicted octanol–water partition coefficient (Wildman–Crippen LogP) is 2.44. The molecule has 0 fully saturated rings. The lowest BCUT2D eigenvalue weighted by molar-refractivity contribution is 0.0696. The van der Waals surface area contributed by atoms with Gasteiger partial charge in [0.2, 0.25) is 5.95 Å². The number of nitrogens with zero attached hydrogens (tertiary/aromatic N) is 3. The SMILES string of the molecule is CC1(C)NC(=O)c2ccc(Nc3ncc(C(=O)O)c(N[C@H](CO)c4ccccc4)n3)nc21. The third kappa shape index (κ3) is 4.08. The van der Waals surface area contributed by atoms with Crippen LogP contribution in [0.1, 0.15) is 51.9 Å². The molecule has 10 heteroatoms. The molecule has 0 spiro atoms. The molecule has 5 N–H and O–H groups in total. The summed E-state index contributed by atoms with van der Waals surface area (Å²) in [5.41, 5.74) is 1.12. The van der Waals surface area contributed by atoms with Crippen molar-refractivity contribution in [2.24, 2.45) is 0 Å². The quantitative estimate of drug-likeness (QED) is 0.378. The first kappa shape index (κ1) is 21.2. The van der Waals surface area contributed by atoms with Crippen LogP contribution >= 0.6 is 0 Å². The van der Waals surface area contributed by atoms with Crippen molar-refractivity contribution in [3.8, 4) is 0 Å². The molecular formula is C22H22N6O4. The van der Waals surface area contributed by atoms with Crippen molar-refractivity contribution < 1.29 is 19.8 Å². The Labute approximate surface area is 183 Å². The summed E-state index contributed by atoms with van der Waals surface area (Å²) in [5, 5.41) is 28.2. The van der Waals surface area contributed by atoms with E-state index in [9.17, 15) is 19.8 Å². The predicted molar refractivity (Wildman–Crippen MR) is 117 cm³/mol. The molecular weight excluding hydrogens is 412 g/mol. The van der Waals surface area contributed by atoms with Crippen LogP contribution in [0, 0.1) is 0 Å². The van der Waals surface area contributed by atoms with Gasteiger partial charge < -0.3 is 26.2 Å². The number of anilines is 3. The van der Waals surface area contributed by atoms with Crippen LogP contribution in [0.5, 0.6) is 0 Å². The molecule has 0 radical (unpaired) electrons. The third-order valence-corrected chi connectivity index (χ3v) is 5.11. The van der Waals surface area contributed by atoms with Crippen molar-refractivity contribution in [2.45, 2.75) is 25.4 Å². The number of fused-ring (bicyclic) bond motifs is 1. The normalized spacial score (nSPS) is 14.9. The number of carbonyl (C=O) groups is 2. The summed E-state index contributed by atoms with van der Waals surface area (Å²) < 4.78 is 0. The zero-order valence-corrected chi connectivity index (χ0v) is 17.5. The number of rotatable bonds is 7. The number of amides is 1. The van der Waals surface area contributed by atoms with Gasteiger partial charge in [-0.2, -0.15) is 4.98 Å². The maximum absolute atomic E-state index is 12.1. The van der Waals surface area contributed by atoms with Gasteiger partial charge in [-0.15, -0.1) is 0 Å². The number of hydrogen-bond donors (Lipinski definition) is 5. The van der Waals surface area contributed by atoms with Gasteiger partial charge >= 0.3 is 5.97 Å². The molecule has 1 aromatic carbocycles. The number of aliphatic hydroxyl groups is 1. The largest absolute Gasteiger partial charge is 0.477 e. The Bertz CT molecular complexity index is 1180. The lowest BCUT2D eigenvalue weighted by atomic mass is 10.0. The molecule has 10 nitrogen and oxygen atoms in total. The van der Waals surface area contributed by atoms with E-state index in [0.29, 0.717) is 17.1 Å². The lowest BCUT2D eigenvalue weighted by Gasteiger charge is -2.19. The van der Waals surface area contributed by atoms with E-state index >= 15 is 0 Å². The number of benzene rings is 1. The Balaban J connectivity index is 1.64. The average Bonchev–Trinajstić information content (AvgIpc) is 3.00. The summed E-state index contributed by atoms with van der Waals surface area (Å²) in [5.74, 6) is -0.815. The molecule has 0 saturated carbocycles. The molecule has 164 valence electrons. The summed E-state index contributed by atoms with van der Waals surface area (Å²) in [6, 6.07) is 11.9. The van der Waals surface area contributed by atoms with E-state index in [1.165, 1.54) is 6.20 Å². The van der Waals surface area contributed by atoms with Gasteiger partial charge in [0.25, 0.3) is 5.91 Å². The molecule has 4 rings (SSSR count). The molecule has 1 atom stereocenters. The highest BCUT2D eigenvalue weighted by molar-refractivity contribution is 5.99. The van der Waals surface area contributed by atoms with Crippen LogP contribution in [0.3, 0.4) is 0 Å². The van der Waals surface area contributed by atoms with Crippen molar-refractivity contribution in [1.29, 1.82) is 0 Å². The third-order valence-electron chi connectivity index (χ3n) is 5.11. The molecule has 1 amide bonds. The van der Waals surface area contributed by atoms with Gasteiger partial charge in [0.05, 0.1) is 29.4 Å². The summed E-state index contributed by atoms with van der Waals surface area (Å²) in [7, 11) is 0. The van der Waals surface area contributed by atoms with Crippen LogP contribution in [0.25, 0.3) is 0 Å². The molecule has 1 aliphatic heterocycles. The van der Waals surface area contributed by atoms with Crippen molar-refractivity contribution in [2.75, 3.05) is 17.2 Å². The highest BCUT2D eigenvalue weighted by atomic mass is 16.4. The molecule has 0 aliphatic carbocycles. The lowest BCUT2D eigenvalue weighted by Crippen LogP contribution is -2.33. The minimum Gasteiger partial charge on any atom is -0.477 e. The maximum atomic E-state index is 12.1. The standard InChI is InChI=1S/C22H22N6O4/c1-22(2)17-13(19(30)28-22)8-9-16(25-17)26-21-23-10-14(20(31)32)18(27-21)24-15(11-29)12-6-4-3-5-7-12/h3-10,15,29H,11H2,1-2H3,(H,28,30)(H,31,32)(H2,23,24,25,26,27)/t15-/m1/s1. The first-order valence-corrected chi connectivity index (χ1v) is 9.92. The number of aromatic carboxylic acids is 1. The average molecular weight is 434 g/mol. The van der Waals surface area contributed by atoms with Gasteiger partial charge in [-0.1, -0.05) is 30.3 Å². The Hall–Kier alpha value is -4.05. The zero-order chi connectivity index (χ0) is 22.9. The summed E-state index contributed by atoms with van der Waals surface area (Å²) >= 11 is 0. The fraction of sp³-hybridized carbons (Fsp3) is 0.227. The molecule has 3 aromatic rings. The van der Waals surface area contributed by atoms with Crippen LogP contribution in [-0.4, -0.2) is 43.6 Å². The second kappa shape index (κ2) is 8.23. The van der Waals surface area contributed by atoms with Gasteiger partial charge in [-0.25, -0.2) is 14.8 Å². The van der Waals surface area contributed by atoms with Gasteiger partial charge in [0.15, 0.2) is 0 Å². The van der Waals surface area contributed by atoms with Crippen molar-refractivity contribution in [3.63, 3.8) is 0 Å². The molecule has 2 aromatic heterocycles. The molecule has 0 saturated heterocycles. The Kier molecular flexibility index (Phi) is 5.45. The smallest absolute Gasteiger partial charge is 0.341 e. The number of carbonyl (C=O) groups excluding carboxylic acids is 1. The molecule has 3 heterocycles. The fourth-order valence-corrected chi connectivity index (χ4v) is 3.51. The van der Waals surface area contributed by atoms with Crippen LogP contribution in [0.2, 0.25) is 0 Å². The number of hydrogen-bond acceptors (Lipinski definition) is 8. The van der Waals surface area contributed by atoms with E-state index in [1.54, 1.807) is 12.1 Å². The van der Waals surface area contributed by atoms with Crippen molar-refractivity contribution >= 4 is 29.5 Å². The van der Waals surface area contributed by atoms with E-state index in [1.807, 2.05) is 44.2 Å². The van der Waals surface area contributed by atoms with Crippen LogP contribution in [0.15, 0.2) is 48.7 Å². The number of carboxylic acids is 1. The number of nitrogens with one attached hydrogen (secondary N) is 3. The van der Waals surface area contributed by atoms with E-state index in [0.717, 1.165) is 5.56 Å². The summed E-state index contributed by atoms with van der Waals surface area (Å²) in [6.07, 6.45) is 1.18. The van der Waals surface area contributed by atoms with Crippen LogP contribution < -0.4 is 16.0 Å². The first-order valence-electron chi connectivity index (χ1n) is 9.92. The summed E-state index contributed by atoms with van der Waals surface area (Å²) in [4.78, 5) is 36.6. The first-order chi connectivity index (χ1) is 15.3. The highest BCUT2D eigenvalue weighted by Gasteiger charge is 2.36. The van der Waals surface area contributed by atoms with E-state index < -0.39 is 17.6 Å². The van der Waals surface area contributed by atoms with Gasteiger partial charge in [0.1, 0.15) is 17.2 Å². The second-order valence-corrected chi connectivity index (χ2v) is 7.85. The van der Waals surface area contributed by atoms with Crippen LogP contribution in [0.4, 0.5) is 17.6 Å². The van der Waals surface area contributed by atoms with Gasteiger partial charge in [-0.3, -0.25) is 4.79 Å². The van der Waals surface area contributed by atoms with Crippen molar-refractivity contribution in [1.82, 2.24) is 20.3 Å². The highest BCUT2D eigenvalue weighted by Crippen LogP contribution is 2.30. The fourth-order valence-electron chi connectivity index (χ4n) is 3.51. The summed E-state index contributed by atoms with van der Waals surface area (Å²) in [6.45, 7) is 3.44. The number of carboxylic acid groups (broad SMARTS) is 1. The zero-order valence-electron chi connectivity index (χ0n) is 17.5. The van der Waals surface area contributed by atoms with Crippen molar-refractivity contribution in [3.05, 3.63) is 71.0 Å². The molecule has 0 bridgehead atoms. The van der Waals surface area contributed by atoms with E-state index in [4.69, 9.17) is 0 Å². The second-order valence-electron chi connectivity index (χ2n) is 7.85. The maximum Gasteiger partial charge on any atom is 0.341 e. The minimum atomic E-state index is -1.20. The minimum absolute atomic E-state index is 0.0521. The number of pyridine rings is 1. The van der Waals surface area contributed by atoms with Gasteiger partial charge in [-0.05, 0) is 31.5 Å². The number of aromatic nitrogens is 3. The van der Waals surface area contributed by atoms with E-state index in [-0.39, 0.29) is 29.8 Å². The number of aliphatic hydroxyl groups excluding tert-OH is 1. The Morgan fingerprint density at radius 3 is 2.59 bits per heavy atom. The monoisotopic (exact) mass is 434 g/mol. The molecule has 1 aliphatic rings. The van der Waals surface area contributed by atoms with Gasteiger partial charge in [0, 0.05) is 6.20 Å².